The second-order valence-electron chi connectivity index (χ2n) is 7.86. The zero-order valence-corrected chi connectivity index (χ0v) is 20.5. The van der Waals surface area contributed by atoms with Crippen molar-refractivity contribution in [3.05, 3.63) is 96.7 Å². The number of aromatic nitrogens is 4. The molecule has 0 bridgehead atoms. The Hall–Kier alpha value is -4.09. The standard InChI is InChI=1S/C25H26N6O4S/c1-20(32)35-16-14-27-25-7-2-5-22(29-25)19-30(36(33,34)24-6-3-12-26-17-24)18-21-8-10-23(11-9-21)31-15-4-13-28-31/h2-13,15,17H,14,16,18-19H2,1H3,(H,27,29). The van der Waals surface area contributed by atoms with Crippen LogP contribution in [0.25, 0.3) is 5.69 Å². The van der Waals surface area contributed by atoms with Gasteiger partial charge in [-0.05, 0) is 48.0 Å². The summed E-state index contributed by atoms with van der Waals surface area (Å²) in [6.45, 7) is 2.13. The molecule has 0 aliphatic rings. The van der Waals surface area contributed by atoms with Crippen LogP contribution in [0.4, 0.5) is 5.82 Å². The molecule has 0 saturated carbocycles. The van der Waals surface area contributed by atoms with Gasteiger partial charge in [0.1, 0.15) is 17.3 Å². The van der Waals surface area contributed by atoms with Gasteiger partial charge in [0, 0.05) is 38.3 Å². The Morgan fingerprint density at radius 2 is 1.86 bits per heavy atom. The van der Waals surface area contributed by atoms with Crippen LogP contribution in [0.1, 0.15) is 18.2 Å². The molecule has 36 heavy (non-hydrogen) atoms. The Bertz CT molecular complexity index is 1380. The molecule has 4 aromatic rings. The van der Waals surface area contributed by atoms with E-state index in [2.05, 4.69) is 20.4 Å². The van der Waals surface area contributed by atoms with E-state index < -0.39 is 10.0 Å². The van der Waals surface area contributed by atoms with Crippen LogP contribution in [-0.4, -0.2) is 51.6 Å². The number of anilines is 1. The van der Waals surface area contributed by atoms with Crippen molar-refractivity contribution in [1.29, 1.82) is 0 Å². The Kier molecular flexibility index (Phi) is 8.03. The molecule has 0 radical (unpaired) electrons. The third-order valence-corrected chi connectivity index (χ3v) is 6.97. The fraction of sp³-hybridized carbons (Fsp3) is 0.200. The molecule has 11 heteroatoms. The Morgan fingerprint density at radius 3 is 2.56 bits per heavy atom. The number of nitrogens with one attached hydrogen (secondary N) is 1. The fourth-order valence-electron chi connectivity index (χ4n) is 3.47. The van der Waals surface area contributed by atoms with E-state index in [1.54, 1.807) is 35.1 Å². The van der Waals surface area contributed by atoms with Crippen molar-refractivity contribution in [2.75, 3.05) is 18.5 Å². The largest absolute Gasteiger partial charge is 0.464 e. The Labute approximate surface area is 209 Å². The lowest BCUT2D eigenvalue weighted by Gasteiger charge is -2.22. The number of carbonyl (C=O) groups is 1. The molecule has 0 amide bonds. The first-order valence-electron chi connectivity index (χ1n) is 11.2. The summed E-state index contributed by atoms with van der Waals surface area (Å²) in [6, 6.07) is 17.8. The number of sulfonamides is 1. The fourth-order valence-corrected chi connectivity index (χ4v) is 4.84. The minimum Gasteiger partial charge on any atom is -0.464 e. The zero-order valence-electron chi connectivity index (χ0n) is 19.7. The number of nitrogens with zero attached hydrogens (tertiary/aromatic N) is 5. The van der Waals surface area contributed by atoms with Gasteiger partial charge < -0.3 is 10.1 Å². The predicted octanol–water partition coefficient (Wildman–Crippen LogP) is 3.03. The predicted molar refractivity (Wildman–Crippen MR) is 134 cm³/mol. The molecule has 3 heterocycles. The van der Waals surface area contributed by atoms with Gasteiger partial charge in [-0.25, -0.2) is 18.1 Å². The van der Waals surface area contributed by atoms with Crippen molar-refractivity contribution >= 4 is 21.8 Å². The highest BCUT2D eigenvalue weighted by Crippen LogP contribution is 2.21. The summed E-state index contributed by atoms with van der Waals surface area (Å²) in [6.07, 6.45) is 6.41. The summed E-state index contributed by atoms with van der Waals surface area (Å²) in [4.78, 5) is 19.6. The zero-order chi connectivity index (χ0) is 25.4. The monoisotopic (exact) mass is 506 g/mol. The smallest absolute Gasteiger partial charge is 0.302 e. The minimum absolute atomic E-state index is 0.0532. The summed E-state index contributed by atoms with van der Waals surface area (Å²) in [5.41, 5.74) is 2.25. The van der Waals surface area contributed by atoms with Crippen LogP contribution < -0.4 is 5.32 Å². The maximum absolute atomic E-state index is 13.5. The second kappa shape index (κ2) is 11.6. The lowest BCUT2D eigenvalue weighted by atomic mass is 10.2. The molecule has 0 atom stereocenters. The molecular formula is C25H26N6O4S. The number of hydrogen-bond acceptors (Lipinski definition) is 8. The SMILES string of the molecule is CC(=O)OCCNc1cccc(CN(Cc2ccc(-n3cccn3)cc2)S(=O)(=O)c2cccnc2)n1. The maximum atomic E-state index is 13.5. The van der Waals surface area contributed by atoms with Crippen LogP contribution in [-0.2, 0) is 32.6 Å². The van der Waals surface area contributed by atoms with Crippen molar-refractivity contribution < 1.29 is 17.9 Å². The number of esters is 1. The van der Waals surface area contributed by atoms with Gasteiger partial charge in [-0.3, -0.25) is 9.78 Å². The van der Waals surface area contributed by atoms with Crippen molar-refractivity contribution in [2.45, 2.75) is 24.9 Å². The van der Waals surface area contributed by atoms with Crippen LogP contribution in [0.2, 0.25) is 0 Å². The quantitative estimate of drug-likeness (QED) is 0.244. The molecule has 0 aliphatic heterocycles. The average molecular weight is 507 g/mol. The number of hydrogen-bond donors (Lipinski definition) is 1. The van der Waals surface area contributed by atoms with E-state index in [4.69, 9.17) is 4.74 Å². The van der Waals surface area contributed by atoms with Crippen molar-refractivity contribution in [1.82, 2.24) is 24.1 Å². The first-order valence-corrected chi connectivity index (χ1v) is 12.7. The lowest BCUT2D eigenvalue weighted by Crippen LogP contribution is -2.30. The van der Waals surface area contributed by atoms with Crippen LogP contribution >= 0.6 is 0 Å². The van der Waals surface area contributed by atoms with E-state index in [1.807, 2.05) is 36.5 Å². The highest BCUT2D eigenvalue weighted by molar-refractivity contribution is 7.89. The van der Waals surface area contributed by atoms with Gasteiger partial charge in [-0.1, -0.05) is 18.2 Å². The highest BCUT2D eigenvalue weighted by atomic mass is 32.2. The van der Waals surface area contributed by atoms with E-state index in [9.17, 15) is 13.2 Å². The van der Waals surface area contributed by atoms with Gasteiger partial charge in [-0.15, -0.1) is 0 Å². The van der Waals surface area contributed by atoms with Gasteiger partial charge in [0.25, 0.3) is 0 Å². The Balaban J connectivity index is 1.55. The van der Waals surface area contributed by atoms with E-state index in [-0.39, 0.29) is 30.6 Å². The summed E-state index contributed by atoms with van der Waals surface area (Å²) in [5, 5.41) is 7.30. The van der Waals surface area contributed by atoms with Crippen LogP contribution in [0.3, 0.4) is 0 Å². The first kappa shape index (κ1) is 25.0. The maximum Gasteiger partial charge on any atom is 0.302 e. The topological polar surface area (TPSA) is 119 Å². The molecule has 10 nitrogen and oxygen atoms in total. The number of ether oxygens (including phenoxy) is 1. The second-order valence-corrected chi connectivity index (χ2v) is 9.80. The van der Waals surface area contributed by atoms with Gasteiger partial charge in [0.2, 0.25) is 10.0 Å². The molecule has 186 valence electrons. The molecule has 0 unspecified atom stereocenters. The summed E-state index contributed by atoms with van der Waals surface area (Å²) in [5.74, 6) is 0.203. The van der Waals surface area contributed by atoms with E-state index in [0.29, 0.717) is 18.1 Å². The molecule has 1 N–H and O–H groups in total. The third-order valence-electron chi connectivity index (χ3n) is 5.20. The first-order chi connectivity index (χ1) is 17.4. The number of rotatable bonds is 11. The number of pyridine rings is 2. The van der Waals surface area contributed by atoms with Gasteiger partial charge in [0.15, 0.2) is 0 Å². The molecule has 0 fully saturated rings. The van der Waals surface area contributed by atoms with E-state index in [0.717, 1.165) is 11.3 Å². The lowest BCUT2D eigenvalue weighted by molar-refractivity contribution is -0.140. The van der Waals surface area contributed by atoms with Gasteiger partial charge >= 0.3 is 5.97 Å². The minimum atomic E-state index is -3.86. The van der Waals surface area contributed by atoms with Crippen molar-refractivity contribution in [3.8, 4) is 5.69 Å². The molecule has 0 aliphatic carbocycles. The average Bonchev–Trinajstić information content (AvgIpc) is 3.42. The highest BCUT2D eigenvalue weighted by Gasteiger charge is 2.26. The van der Waals surface area contributed by atoms with Gasteiger partial charge in [0.05, 0.1) is 24.5 Å². The van der Waals surface area contributed by atoms with E-state index in [1.165, 1.54) is 29.7 Å². The molecule has 4 rings (SSSR count). The van der Waals surface area contributed by atoms with Crippen molar-refractivity contribution in [3.63, 3.8) is 0 Å². The van der Waals surface area contributed by atoms with E-state index >= 15 is 0 Å². The van der Waals surface area contributed by atoms with Crippen LogP contribution in [0, 0.1) is 0 Å². The summed E-state index contributed by atoms with van der Waals surface area (Å²) < 4.78 is 35.1. The summed E-state index contributed by atoms with van der Waals surface area (Å²) in [7, 11) is -3.86. The van der Waals surface area contributed by atoms with Gasteiger partial charge in [-0.2, -0.15) is 9.40 Å². The summed E-state index contributed by atoms with van der Waals surface area (Å²) >= 11 is 0. The third kappa shape index (κ3) is 6.52. The molecule has 1 aromatic carbocycles. The van der Waals surface area contributed by atoms with Crippen molar-refractivity contribution in [2.24, 2.45) is 0 Å². The number of benzene rings is 1. The van der Waals surface area contributed by atoms with Crippen LogP contribution in [0.15, 0.2) is 90.3 Å². The normalized spacial score (nSPS) is 11.4. The molecule has 0 spiro atoms. The number of carbonyl (C=O) groups excluding carboxylic acids is 1. The molecular weight excluding hydrogens is 480 g/mol. The van der Waals surface area contributed by atoms with Crippen LogP contribution in [0.5, 0.6) is 0 Å². The molecule has 0 saturated heterocycles. The Morgan fingerprint density at radius 1 is 1.03 bits per heavy atom. The molecule has 3 aromatic heterocycles.